The van der Waals surface area contributed by atoms with Gasteiger partial charge < -0.3 is 5.73 Å². The van der Waals surface area contributed by atoms with Gasteiger partial charge in [-0.1, -0.05) is 24.3 Å². The molecule has 1 rings (SSSR count). The molecule has 0 saturated carbocycles. The normalized spacial score (nSPS) is 14.1. The maximum atomic E-state index is 13.4. The van der Waals surface area contributed by atoms with Crippen molar-refractivity contribution in [3.8, 4) is 0 Å². The van der Waals surface area contributed by atoms with Crippen molar-refractivity contribution in [1.82, 2.24) is 0 Å². The van der Waals surface area contributed by atoms with Gasteiger partial charge in [0.2, 0.25) is 0 Å². The lowest BCUT2D eigenvalue weighted by atomic mass is 9.97. The number of hydrogen-bond acceptors (Lipinski definition) is 1. The first-order chi connectivity index (χ1) is 6.38. The van der Waals surface area contributed by atoms with Crippen LogP contribution in [0.2, 0.25) is 0 Å². The zero-order chi connectivity index (χ0) is 10.8. The van der Waals surface area contributed by atoms with E-state index in [0.29, 0.717) is 6.42 Å². The fraction of sp³-hybridized carbons (Fsp3) is 0.500. The zero-order valence-electron chi connectivity index (χ0n) is 9.05. The van der Waals surface area contributed by atoms with Gasteiger partial charge in [-0.25, -0.2) is 4.39 Å². The largest absolute Gasteiger partial charge is 0.324 e. The molecule has 14 heavy (non-hydrogen) atoms. The van der Waals surface area contributed by atoms with E-state index >= 15 is 0 Å². The Morgan fingerprint density at radius 2 is 2.07 bits per heavy atom. The van der Waals surface area contributed by atoms with Gasteiger partial charge in [-0.2, -0.15) is 0 Å². The van der Waals surface area contributed by atoms with E-state index in [1.54, 1.807) is 13.8 Å². The van der Waals surface area contributed by atoms with Crippen LogP contribution in [0.25, 0.3) is 0 Å². The van der Waals surface area contributed by atoms with E-state index in [9.17, 15) is 4.39 Å². The highest BCUT2D eigenvalue weighted by molar-refractivity contribution is 5.26. The van der Waals surface area contributed by atoms with Crippen LogP contribution in [0.15, 0.2) is 24.3 Å². The van der Waals surface area contributed by atoms with E-state index in [1.807, 2.05) is 31.2 Å². The zero-order valence-corrected chi connectivity index (χ0v) is 9.05. The van der Waals surface area contributed by atoms with E-state index in [4.69, 9.17) is 5.73 Å². The monoisotopic (exact) mass is 195 g/mol. The van der Waals surface area contributed by atoms with Crippen LogP contribution >= 0.6 is 0 Å². The fourth-order valence-electron chi connectivity index (χ4n) is 1.47. The fourth-order valence-corrected chi connectivity index (χ4v) is 1.47. The van der Waals surface area contributed by atoms with Gasteiger partial charge >= 0.3 is 0 Å². The molecule has 2 N–H and O–H groups in total. The van der Waals surface area contributed by atoms with Crippen molar-refractivity contribution in [3.63, 3.8) is 0 Å². The van der Waals surface area contributed by atoms with Crippen LogP contribution in [-0.2, 0) is 6.42 Å². The quantitative estimate of drug-likeness (QED) is 0.788. The molecular weight excluding hydrogens is 177 g/mol. The third kappa shape index (κ3) is 3.46. The Hall–Kier alpha value is -0.890. The second kappa shape index (κ2) is 4.09. The molecule has 0 aromatic heterocycles. The van der Waals surface area contributed by atoms with E-state index in [2.05, 4.69) is 0 Å². The van der Waals surface area contributed by atoms with Gasteiger partial charge in [0.25, 0.3) is 0 Å². The molecule has 0 fully saturated rings. The van der Waals surface area contributed by atoms with Gasteiger partial charge in [0.05, 0.1) is 0 Å². The molecule has 1 atom stereocenters. The van der Waals surface area contributed by atoms with Crippen LogP contribution < -0.4 is 5.73 Å². The summed E-state index contributed by atoms with van der Waals surface area (Å²) in [6.45, 7) is 5.11. The predicted octanol–water partition coefficient (Wildman–Crippen LogP) is 3.00. The van der Waals surface area contributed by atoms with Crippen LogP contribution in [0.4, 0.5) is 4.39 Å². The maximum absolute atomic E-state index is 13.4. The van der Waals surface area contributed by atoms with Gasteiger partial charge in [0.1, 0.15) is 5.67 Å². The van der Waals surface area contributed by atoms with E-state index in [0.717, 1.165) is 11.1 Å². The minimum absolute atomic E-state index is 0.0117. The molecule has 0 aliphatic rings. The molecule has 0 amide bonds. The first-order valence-electron chi connectivity index (χ1n) is 4.92. The molecule has 0 saturated heterocycles. The first kappa shape index (κ1) is 11.2. The van der Waals surface area contributed by atoms with Crippen molar-refractivity contribution in [1.29, 1.82) is 0 Å². The van der Waals surface area contributed by atoms with Crippen molar-refractivity contribution in [3.05, 3.63) is 35.4 Å². The van der Waals surface area contributed by atoms with Gasteiger partial charge in [-0.05, 0) is 31.9 Å². The minimum Gasteiger partial charge on any atom is -0.324 e. The second-order valence-electron chi connectivity index (χ2n) is 4.43. The highest BCUT2D eigenvalue weighted by atomic mass is 19.1. The Morgan fingerprint density at radius 1 is 1.43 bits per heavy atom. The summed E-state index contributed by atoms with van der Waals surface area (Å²) in [6.07, 6.45) is 0.438. The molecule has 1 nitrogen and oxygen atoms in total. The number of benzene rings is 1. The Labute approximate surface area is 85.1 Å². The Bertz CT molecular complexity index is 299. The SMILES string of the molecule is CC(N)c1cccc(CC(C)(C)F)c1. The summed E-state index contributed by atoms with van der Waals surface area (Å²) in [5, 5.41) is 0. The van der Waals surface area contributed by atoms with E-state index in [-0.39, 0.29) is 6.04 Å². The summed E-state index contributed by atoms with van der Waals surface area (Å²) < 4.78 is 13.4. The molecule has 0 aliphatic heterocycles. The molecule has 1 aromatic carbocycles. The molecule has 2 heteroatoms. The third-order valence-electron chi connectivity index (χ3n) is 2.10. The van der Waals surface area contributed by atoms with Gasteiger partial charge in [-0.15, -0.1) is 0 Å². The Kier molecular flexibility index (Phi) is 3.27. The summed E-state index contributed by atoms with van der Waals surface area (Å²) in [5.74, 6) is 0. The summed E-state index contributed by atoms with van der Waals surface area (Å²) in [6, 6.07) is 7.83. The standard InChI is InChI=1S/C12H18FN/c1-9(14)11-6-4-5-10(7-11)8-12(2,3)13/h4-7,9H,8,14H2,1-3H3. The average molecular weight is 195 g/mol. The smallest absolute Gasteiger partial charge is 0.109 e. The van der Waals surface area contributed by atoms with E-state index in [1.165, 1.54) is 0 Å². The van der Waals surface area contributed by atoms with Crippen molar-refractivity contribution < 1.29 is 4.39 Å². The molecule has 0 heterocycles. The van der Waals surface area contributed by atoms with Crippen LogP contribution in [0.5, 0.6) is 0 Å². The lowest BCUT2D eigenvalue weighted by Crippen LogP contribution is -2.16. The molecule has 78 valence electrons. The number of alkyl halides is 1. The van der Waals surface area contributed by atoms with Crippen molar-refractivity contribution in [2.75, 3.05) is 0 Å². The van der Waals surface area contributed by atoms with Crippen molar-refractivity contribution in [2.45, 2.75) is 38.9 Å². The van der Waals surface area contributed by atoms with E-state index < -0.39 is 5.67 Å². The predicted molar refractivity (Wildman–Crippen MR) is 57.9 cm³/mol. The molecule has 1 unspecified atom stereocenters. The van der Waals surface area contributed by atoms with Crippen LogP contribution in [0, 0.1) is 0 Å². The molecule has 0 bridgehead atoms. The van der Waals surface area contributed by atoms with Gasteiger partial charge in [-0.3, -0.25) is 0 Å². The lowest BCUT2D eigenvalue weighted by Gasteiger charge is -2.15. The van der Waals surface area contributed by atoms with Crippen molar-refractivity contribution >= 4 is 0 Å². The first-order valence-corrected chi connectivity index (χ1v) is 4.92. The van der Waals surface area contributed by atoms with Crippen LogP contribution in [-0.4, -0.2) is 5.67 Å². The summed E-state index contributed by atoms with van der Waals surface area (Å²) in [4.78, 5) is 0. The van der Waals surface area contributed by atoms with Crippen LogP contribution in [0.1, 0.15) is 37.9 Å². The average Bonchev–Trinajstić information content (AvgIpc) is 2.01. The Balaban J connectivity index is 2.84. The maximum Gasteiger partial charge on any atom is 0.109 e. The molecule has 0 spiro atoms. The highest BCUT2D eigenvalue weighted by Crippen LogP contribution is 2.19. The van der Waals surface area contributed by atoms with Gasteiger partial charge in [0, 0.05) is 12.5 Å². The summed E-state index contributed by atoms with van der Waals surface area (Å²) in [7, 11) is 0. The minimum atomic E-state index is -1.16. The molecule has 0 radical (unpaired) electrons. The molecule has 0 aliphatic carbocycles. The third-order valence-corrected chi connectivity index (χ3v) is 2.10. The summed E-state index contributed by atoms with van der Waals surface area (Å²) in [5.41, 5.74) is 6.66. The number of hydrogen-bond donors (Lipinski definition) is 1. The van der Waals surface area contributed by atoms with Crippen molar-refractivity contribution in [2.24, 2.45) is 5.73 Å². The topological polar surface area (TPSA) is 26.0 Å². The van der Waals surface area contributed by atoms with Crippen LogP contribution in [0.3, 0.4) is 0 Å². The highest BCUT2D eigenvalue weighted by Gasteiger charge is 2.16. The number of nitrogens with two attached hydrogens (primary N) is 1. The molecular formula is C12H18FN. The Morgan fingerprint density at radius 3 is 2.57 bits per heavy atom. The number of halogens is 1. The molecule has 1 aromatic rings. The lowest BCUT2D eigenvalue weighted by molar-refractivity contribution is 0.217. The number of rotatable bonds is 3. The van der Waals surface area contributed by atoms with Gasteiger partial charge in [0.15, 0.2) is 0 Å². The summed E-state index contributed by atoms with van der Waals surface area (Å²) >= 11 is 0. The second-order valence-corrected chi connectivity index (χ2v) is 4.43.